The van der Waals surface area contributed by atoms with Gasteiger partial charge in [-0.05, 0) is 6.07 Å². The number of fused-ring (bicyclic) bond motifs is 1. The largest absolute Gasteiger partial charge is 0.294 e. The van der Waals surface area contributed by atoms with Crippen molar-refractivity contribution in [2.75, 3.05) is 0 Å². The summed E-state index contributed by atoms with van der Waals surface area (Å²) in [4.78, 5) is 3.38. The number of nitrogens with zero attached hydrogens (tertiary/aromatic N) is 4. The summed E-state index contributed by atoms with van der Waals surface area (Å²) in [5.74, 6) is -0.889. The van der Waals surface area contributed by atoms with Gasteiger partial charge in [-0.2, -0.15) is 0 Å². The molecule has 0 bridgehead atoms. The van der Waals surface area contributed by atoms with Crippen molar-refractivity contribution in [1.29, 1.82) is 0 Å². The highest BCUT2D eigenvalue weighted by Gasteiger charge is 2.21. The third-order valence-corrected chi connectivity index (χ3v) is 4.91. The molecule has 6 nitrogen and oxygen atoms in total. The summed E-state index contributed by atoms with van der Waals surface area (Å²) in [6.45, 7) is 0. The lowest BCUT2D eigenvalue weighted by atomic mass is 10.4. The molecule has 0 aromatic carbocycles. The van der Waals surface area contributed by atoms with Gasteiger partial charge in [0.1, 0.15) is 16.2 Å². The summed E-state index contributed by atoms with van der Waals surface area (Å²) < 4.78 is 62.7. The van der Waals surface area contributed by atoms with Gasteiger partial charge in [-0.15, -0.1) is 10.2 Å². The van der Waals surface area contributed by atoms with Crippen LogP contribution in [0.1, 0.15) is 11.4 Å². The van der Waals surface area contributed by atoms with Gasteiger partial charge in [0.2, 0.25) is 0 Å². The molecule has 22 heavy (non-hydrogen) atoms. The molecule has 3 rings (SSSR count). The van der Waals surface area contributed by atoms with Crippen LogP contribution in [0.3, 0.4) is 0 Å². The number of halogens is 4. The fourth-order valence-corrected chi connectivity index (χ4v) is 3.16. The van der Waals surface area contributed by atoms with Gasteiger partial charge in [0.25, 0.3) is 15.5 Å². The Morgan fingerprint density at radius 3 is 2.64 bits per heavy atom. The summed E-state index contributed by atoms with van der Waals surface area (Å²) in [7, 11) is 1.02. The smallest absolute Gasteiger partial charge is 0.291 e. The monoisotopic (exact) mass is 368 g/mol. The Kier molecular flexibility index (Phi) is 3.57. The minimum absolute atomic E-state index is 0.00109. The first-order valence-electron chi connectivity index (χ1n) is 5.50. The van der Waals surface area contributed by atoms with Crippen LogP contribution in [0.2, 0.25) is 0 Å². The summed E-state index contributed by atoms with van der Waals surface area (Å²) in [6.07, 6.45) is -0.640. The molecule has 12 heteroatoms. The Labute approximate surface area is 129 Å². The zero-order valence-electron chi connectivity index (χ0n) is 10.2. The van der Waals surface area contributed by atoms with Crippen molar-refractivity contribution in [1.82, 2.24) is 19.6 Å². The predicted molar refractivity (Wildman–Crippen MR) is 72.0 cm³/mol. The van der Waals surface area contributed by atoms with Crippen LogP contribution in [0.4, 0.5) is 13.2 Å². The van der Waals surface area contributed by atoms with Gasteiger partial charge in [-0.1, -0.05) is 11.3 Å². The van der Waals surface area contributed by atoms with Crippen LogP contribution < -0.4 is 0 Å². The molecule has 0 fully saturated rings. The van der Waals surface area contributed by atoms with Gasteiger partial charge >= 0.3 is 0 Å². The molecule has 0 aliphatic carbocycles. The average molecular weight is 369 g/mol. The van der Waals surface area contributed by atoms with Crippen LogP contribution in [-0.2, 0) is 9.05 Å². The number of hydrogen-bond acceptors (Lipinski definition) is 6. The number of imidazole rings is 1. The van der Waals surface area contributed by atoms with Crippen molar-refractivity contribution < 1.29 is 21.6 Å². The normalized spacial score (nSPS) is 12.4. The van der Waals surface area contributed by atoms with Crippen molar-refractivity contribution in [2.24, 2.45) is 0 Å². The maximum atomic E-state index is 13.9. The van der Waals surface area contributed by atoms with E-state index in [0.717, 1.165) is 22.9 Å². The molecule has 3 aromatic rings. The molecule has 3 aromatic heterocycles. The highest BCUT2D eigenvalue weighted by Crippen LogP contribution is 2.30. The number of alkyl halides is 2. The lowest BCUT2D eigenvalue weighted by Crippen LogP contribution is -1.98. The second kappa shape index (κ2) is 5.18. The van der Waals surface area contributed by atoms with Gasteiger partial charge in [0.05, 0.1) is 6.20 Å². The summed E-state index contributed by atoms with van der Waals surface area (Å²) in [5, 5.41) is 6.33. The Morgan fingerprint density at radius 2 is 2.05 bits per heavy atom. The highest BCUT2D eigenvalue weighted by atomic mass is 35.7. The average Bonchev–Trinajstić information content (AvgIpc) is 3.03. The lowest BCUT2D eigenvalue weighted by molar-refractivity contribution is 0.150. The van der Waals surface area contributed by atoms with E-state index in [0.29, 0.717) is 11.3 Å². The topological polar surface area (TPSA) is 77.2 Å². The van der Waals surface area contributed by atoms with Crippen molar-refractivity contribution in [3.05, 3.63) is 29.3 Å². The minimum atomic E-state index is -4.17. The molecule has 3 heterocycles. The Bertz CT molecular complexity index is 970. The Hall–Kier alpha value is -1.72. The van der Waals surface area contributed by atoms with E-state index in [1.165, 1.54) is 0 Å². The third-order valence-electron chi connectivity index (χ3n) is 2.67. The summed E-state index contributed by atoms with van der Waals surface area (Å²) in [6, 6.07) is 0.744. The third kappa shape index (κ3) is 2.55. The molecule has 0 saturated carbocycles. The maximum Gasteiger partial charge on any atom is 0.291 e. The molecule has 0 saturated heterocycles. The molecule has 0 spiro atoms. The van der Waals surface area contributed by atoms with Crippen LogP contribution in [0, 0.1) is 5.82 Å². The molecule has 0 atom stereocenters. The summed E-state index contributed by atoms with van der Waals surface area (Å²) >= 11 is 0.572. The van der Waals surface area contributed by atoms with Crippen LogP contribution in [0.15, 0.2) is 23.4 Å². The minimum Gasteiger partial charge on any atom is -0.294 e. The van der Waals surface area contributed by atoms with Crippen LogP contribution in [0.25, 0.3) is 16.3 Å². The summed E-state index contributed by atoms with van der Waals surface area (Å²) in [5.41, 5.74) is -0.0483. The molecule has 0 amide bonds. The van der Waals surface area contributed by atoms with E-state index < -0.39 is 31.2 Å². The van der Waals surface area contributed by atoms with Crippen LogP contribution >= 0.6 is 22.0 Å². The molecular formula is C10H4ClF3N4O2S2. The van der Waals surface area contributed by atoms with Crippen molar-refractivity contribution >= 4 is 36.6 Å². The van der Waals surface area contributed by atoms with Gasteiger partial charge in [-0.3, -0.25) is 4.40 Å². The number of hydrogen-bond donors (Lipinski definition) is 0. The zero-order valence-corrected chi connectivity index (χ0v) is 12.6. The van der Waals surface area contributed by atoms with Gasteiger partial charge in [0.15, 0.2) is 15.8 Å². The van der Waals surface area contributed by atoms with E-state index in [9.17, 15) is 21.6 Å². The fraction of sp³-hybridized carbons (Fsp3) is 0.100. The first-order valence-corrected chi connectivity index (χ1v) is 8.63. The molecule has 0 aliphatic rings. The van der Waals surface area contributed by atoms with Gasteiger partial charge < -0.3 is 0 Å². The molecule has 0 N–H and O–H groups in total. The highest BCUT2D eigenvalue weighted by molar-refractivity contribution is 8.13. The molecule has 0 unspecified atom stereocenters. The standard InChI is InChI=1S/C10H4ClF3N4O2S2/c11-22(19,20)4-1-5(12)6-2-15-8(18(6)3-4)10-17-16-9(21-10)7(13)14/h1-3,7H. The second-order valence-corrected chi connectivity index (χ2v) is 7.62. The Morgan fingerprint density at radius 1 is 1.32 bits per heavy atom. The Balaban J connectivity index is 2.24. The van der Waals surface area contributed by atoms with Crippen molar-refractivity contribution in [2.45, 2.75) is 11.3 Å². The number of pyridine rings is 1. The molecule has 0 aliphatic heterocycles. The van der Waals surface area contributed by atoms with E-state index in [2.05, 4.69) is 15.2 Å². The fourth-order valence-electron chi connectivity index (χ4n) is 1.74. The predicted octanol–water partition coefficient (Wildman–Crippen LogP) is 2.86. The van der Waals surface area contributed by atoms with E-state index in [-0.39, 0.29) is 16.3 Å². The first kappa shape index (κ1) is 15.2. The van der Waals surface area contributed by atoms with E-state index in [4.69, 9.17) is 10.7 Å². The maximum absolute atomic E-state index is 13.9. The van der Waals surface area contributed by atoms with Crippen LogP contribution in [0.5, 0.6) is 0 Å². The SMILES string of the molecule is O=S(=O)(Cl)c1cc(F)c2cnc(-c3nnc(C(F)F)s3)n2c1. The van der Waals surface area contributed by atoms with Crippen LogP contribution in [-0.4, -0.2) is 28.0 Å². The molecule has 0 radical (unpaired) electrons. The molecular weight excluding hydrogens is 365 g/mol. The number of rotatable bonds is 3. The van der Waals surface area contributed by atoms with Crippen molar-refractivity contribution in [3.63, 3.8) is 0 Å². The van der Waals surface area contributed by atoms with E-state index >= 15 is 0 Å². The zero-order chi connectivity index (χ0) is 16.1. The van der Waals surface area contributed by atoms with Gasteiger partial charge in [-0.25, -0.2) is 26.6 Å². The van der Waals surface area contributed by atoms with Crippen molar-refractivity contribution in [3.8, 4) is 10.8 Å². The molecule has 116 valence electrons. The second-order valence-electron chi connectivity index (χ2n) is 4.04. The van der Waals surface area contributed by atoms with Gasteiger partial charge in [0, 0.05) is 16.9 Å². The quantitative estimate of drug-likeness (QED) is 0.664. The first-order chi connectivity index (χ1) is 10.3. The van der Waals surface area contributed by atoms with E-state index in [1.54, 1.807) is 0 Å². The van der Waals surface area contributed by atoms with E-state index in [1.807, 2.05) is 0 Å². The lowest BCUT2D eigenvalue weighted by Gasteiger charge is -2.02. The number of aromatic nitrogens is 4.